The average Bonchev–Trinajstić information content (AvgIpc) is 2.38. The van der Waals surface area contributed by atoms with Gasteiger partial charge in [0.25, 0.3) is 5.91 Å². The number of hydrogen-bond donors (Lipinski definition) is 2. The summed E-state index contributed by atoms with van der Waals surface area (Å²) in [5, 5.41) is 11.1. The van der Waals surface area contributed by atoms with Crippen LogP contribution < -0.4 is 5.32 Å². The van der Waals surface area contributed by atoms with E-state index in [2.05, 4.69) is 5.32 Å². The Morgan fingerprint density at radius 1 is 1.42 bits per heavy atom. The third-order valence-corrected chi connectivity index (χ3v) is 3.87. The van der Waals surface area contributed by atoms with Crippen LogP contribution in [0.3, 0.4) is 0 Å². The van der Waals surface area contributed by atoms with E-state index < -0.39 is 5.97 Å². The number of carboxylic acids is 1. The van der Waals surface area contributed by atoms with Gasteiger partial charge in [0.05, 0.1) is 5.75 Å². The van der Waals surface area contributed by atoms with Crippen molar-refractivity contribution in [1.29, 1.82) is 0 Å². The Kier molecular flexibility index (Phi) is 6.72. The van der Waals surface area contributed by atoms with Gasteiger partial charge in [-0.3, -0.25) is 9.59 Å². The van der Waals surface area contributed by atoms with Crippen LogP contribution in [-0.4, -0.2) is 41.3 Å². The fourth-order valence-electron chi connectivity index (χ4n) is 1.30. The van der Waals surface area contributed by atoms with Crippen molar-refractivity contribution in [2.75, 3.05) is 24.3 Å². The van der Waals surface area contributed by atoms with Crippen LogP contribution in [0.4, 0.5) is 4.39 Å². The monoisotopic (exact) mass is 303 g/mol. The summed E-state index contributed by atoms with van der Waals surface area (Å²) >= 11 is 2.47. The second kappa shape index (κ2) is 8.06. The van der Waals surface area contributed by atoms with Gasteiger partial charge in [-0.25, -0.2) is 4.39 Å². The molecule has 2 N–H and O–H groups in total. The molecule has 1 rings (SSSR count). The summed E-state index contributed by atoms with van der Waals surface area (Å²) in [6, 6.07) is 4.19. The molecule has 0 unspecified atom stereocenters. The first-order valence-corrected chi connectivity index (χ1v) is 7.84. The molecule has 0 saturated heterocycles. The zero-order valence-electron chi connectivity index (χ0n) is 10.3. The number of thioether (sulfide) groups is 2. The van der Waals surface area contributed by atoms with Crippen LogP contribution in [0.2, 0.25) is 0 Å². The van der Waals surface area contributed by atoms with Crippen LogP contribution >= 0.6 is 23.5 Å². The molecule has 0 saturated carbocycles. The molecule has 0 aliphatic carbocycles. The smallest absolute Gasteiger partial charge is 0.313 e. The maximum Gasteiger partial charge on any atom is 0.313 e. The number of hydrogen-bond acceptors (Lipinski definition) is 4. The molecule has 0 heterocycles. The highest BCUT2D eigenvalue weighted by Gasteiger charge is 2.08. The van der Waals surface area contributed by atoms with Crippen LogP contribution in [0.1, 0.15) is 10.4 Å². The molecule has 1 amide bonds. The topological polar surface area (TPSA) is 66.4 Å². The van der Waals surface area contributed by atoms with Crippen LogP contribution in [0.15, 0.2) is 23.1 Å². The van der Waals surface area contributed by atoms with Crippen molar-refractivity contribution in [1.82, 2.24) is 5.32 Å². The lowest BCUT2D eigenvalue weighted by molar-refractivity contribution is -0.133. The number of carbonyl (C=O) groups is 2. The molecular formula is C12H14FNO3S2. The fourth-order valence-corrected chi connectivity index (χ4v) is 2.37. The summed E-state index contributed by atoms with van der Waals surface area (Å²) in [6.45, 7) is 0.378. The van der Waals surface area contributed by atoms with Gasteiger partial charge in [-0.1, -0.05) is 0 Å². The summed E-state index contributed by atoms with van der Waals surface area (Å²) in [5.41, 5.74) is 0.397. The Bertz CT molecular complexity index is 468. The highest BCUT2D eigenvalue weighted by atomic mass is 32.2. The van der Waals surface area contributed by atoms with Gasteiger partial charge >= 0.3 is 5.97 Å². The SMILES string of the molecule is CSc1cc(C(=O)NCCSCC(=O)O)ccc1F. The lowest BCUT2D eigenvalue weighted by Gasteiger charge is -2.06. The van der Waals surface area contributed by atoms with Crippen LogP contribution in [0.5, 0.6) is 0 Å². The predicted molar refractivity (Wildman–Crippen MR) is 75.5 cm³/mol. The van der Waals surface area contributed by atoms with Crippen LogP contribution in [-0.2, 0) is 4.79 Å². The molecule has 0 bridgehead atoms. The van der Waals surface area contributed by atoms with Crippen molar-refractivity contribution in [3.05, 3.63) is 29.6 Å². The molecule has 0 fully saturated rings. The molecule has 4 nitrogen and oxygen atoms in total. The zero-order chi connectivity index (χ0) is 14.3. The molecule has 0 aromatic heterocycles. The molecular weight excluding hydrogens is 289 g/mol. The van der Waals surface area contributed by atoms with E-state index in [1.54, 1.807) is 6.26 Å². The first kappa shape index (κ1) is 15.8. The number of carboxylic acid groups (broad SMARTS) is 1. The molecule has 0 atom stereocenters. The van der Waals surface area contributed by atoms with E-state index >= 15 is 0 Å². The van der Waals surface area contributed by atoms with Crippen molar-refractivity contribution in [3.8, 4) is 0 Å². The molecule has 7 heteroatoms. The van der Waals surface area contributed by atoms with E-state index in [1.807, 2.05) is 0 Å². The van der Waals surface area contributed by atoms with Gasteiger partial charge in [0.15, 0.2) is 0 Å². The second-order valence-corrected chi connectivity index (χ2v) is 5.50. The molecule has 104 valence electrons. The molecule has 0 spiro atoms. The maximum atomic E-state index is 13.2. The van der Waals surface area contributed by atoms with E-state index in [0.717, 1.165) is 0 Å². The molecule has 0 radical (unpaired) electrons. The highest BCUT2D eigenvalue weighted by molar-refractivity contribution is 7.99. The summed E-state index contributed by atoms with van der Waals surface area (Å²) in [4.78, 5) is 22.5. The number of nitrogens with one attached hydrogen (secondary N) is 1. The third kappa shape index (κ3) is 5.52. The summed E-state index contributed by atoms with van der Waals surface area (Å²) < 4.78 is 13.2. The van der Waals surface area contributed by atoms with E-state index in [1.165, 1.54) is 41.7 Å². The maximum absolute atomic E-state index is 13.2. The van der Waals surface area contributed by atoms with E-state index in [9.17, 15) is 14.0 Å². The van der Waals surface area contributed by atoms with E-state index in [-0.39, 0.29) is 17.5 Å². The minimum Gasteiger partial charge on any atom is -0.481 e. The van der Waals surface area contributed by atoms with E-state index in [4.69, 9.17) is 5.11 Å². The molecule has 0 aliphatic heterocycles. The lowest BCUT2D eigenvalue weighted by Crippen LogP contribution is -2.26. The normalized spacial score (nSPS) is 10.2. The standard InChI is InChI=1S/C12H14FNO3S2/c1-18-10-6-8(2-3-9(10)13)12(17)14-4-5-19-7-11(15)16/h2-3,6H,4-5,7H2,1H3,(H,14,17)(H,15,16). The largest absolute Gasteiger partial charge is 0.481 e. The first-order valence-electron chi connectivity index (χ1n) is 5.46. The number of carbonyl (C=O) groups excluding carboxylic acids is 1. The molecule has 19 heavy (non-hydrogen) atoms. The molecule has 1 aromatic rings. The molecule has 1 aromatic carbocycles. The third-order valence-electron chi connectivity index (χ3n) is 2.17. The zero-order valence-corrected chi connectivity index (χ0v) is 11.9. The van der Waals surface area contributed by atoms with Crippen molar-refractivity contribution in [2.45, 2.75) is 4.90 Å². The van der Waals surface area contributed by atoms with Crippen LogP contribution in [0, 0.1) is 5.82 Å². The Hall–Kier alpha value is -1.21. The highest BCUT2D eigenvalue weighted by Crippen LogP contribution is 2.20. The van der Waals surface area contributed by atoms with E-state index in [0.29, 0.717) is 22.8 Å². The Morgan fingerprint density at radius 3 is 2.79 bits per heavy atom. The van der Waals surface area contributed by atoms with Crippen molar-refractivity contribution in [2.24, 2.45) is 0 Å². The van der Waals surface area contributed by atoms with Crippen molar-refractivity contribution < 1.29 is 19.1 Å². The Balaban J connectivity index is 2.43. The van der Waals surface area contributed by atoms with Gasteiger partial charge in [-0.2, -0.15) is 0 Å². The number of aliphatic carboxylic acids is 1. The minimum absolute atomic E-state index is 0.0169. The van der Waals surface area contributed by atoms with Crippen molar-refractivity contribution >= 4 is 35.4 Å². The predicted octanol–water partition coefficient (Wildman–Crippen LogP) is 2.10. The average molecular weight is 303 g/mol. The summed E-state index contributed by atoms with van der Waals surface area (Å²) in [5.74, 6) is -0.968. The Morgan fingerprint density at radius 2 is 2.16 bits per heavy atom. The second-order valence-electron chi connectivity index (χ2n) is 3.55. The summed E-state index contributed by atoms with van der Waals surface area (Å²) in [6.07, 6.45) is 1.74. The number of benzene rings is 1. The van der Waals surface area contributed by atoms with Crippen LogP contribution in [0.25, 0.3) is 0 Å². The van der Waals surface area contributed by atoms with Gasteiger partial charge < -0.3 is 10.4 Å². The number of rotatable bonds is 7. The summed E-state index contributed by atoms with van der Waals surface area (Å²) in [7, 11) is 0. The Labute approximate surface area is 119 Å². The van der Waals surface area contributed by atoms with Crippen molar-refractivity contribution in [3.63, 3.8) is 0 Å². The van der Waals surface area contributed by atoms with Gasteiger partial charge in [0.2, 0.25) is 0 Å². The molecule has 0 aliphatic rings. The number of amides is 1. The quantitative estimate of drug-likeness (QED) is 0.596. The first-order chi connectivity index (χ1) is 9.04. The minimum atomic E-state index is -0.875. The van der Waals surface area contributed by atoms with Gasteiger partial charge in [0.1, 0.15) is 5.82 Å². The number of halogens is 1. The van der Waals surface area contributed by atoms with Gasteiger partial charge in [-0.15, -0.1) is 23.5 Å². The fraction of sp³-hybridized carbons (Fsp3) is 0.333. The van der Waals surface area contributed by atoms with Gasteiger partial charge in [-0.05, 0) is 24.5 Å². The lowest BCUT2D eigenvalue weighted by atomic mass is 10.2. The van der Waals surface area contributed by atoms with Gasteiger partial charge in [0, 0.05) is 22.8 Å².